The van der Waals surface area contributed by atoms with Gasteiger partial charge < -0.3 is 34.3 Å². The Bertz CT molecular complexity index is 1250. The van der Waals surface area contributed by atoms with Crippen LogP contribution in [0.25, 0.3) is 0 Å². The van der Waals surface area contributed by atoms with Gasteiger partial charge in [0.1, 0.15) is 17.0 Å². The molecule has 2 aromatic rings. The summed E-state index contributed by atoms with van der Waals surface area (Å²) in [5, 5.41) is 13.3. The van der Waals surface area contributed by atoms with Crippen LogP contribution in [0.4, 0.5) is 4.79 Å². The number of amides is 2. The lowest BCUT2D eigenvalue weighted by molar-refractivity contribution is -0.156. The standard InChI is InChI=1S/C33H45ClN2O7/c1-6-40-25-19-33(20-25,31(37)38)35-32(39)36(16-17-43-22(5)23-12-10-9-11-13-23)21(4)26-18-27(41-7-2)28(24-14-15-24)30(29(26)34)42-8-3/h9-13,18,21-22,24-25H,6-8,14-17,19-20H2,1-5H3,(H,35,39)(H,37,38)/t21-,22+,25-,33-/m1/s1. The number of halogens is 1. The molecule has 0 heterocycles. The van der Waals surface area contributed by atoms with Crippen molar-refractivity contribution in [1.82, 2.24) is 10.2 Å². The van der Waals surface area contributed by atoms with Crippen LogP contribution in [0, 0.1) is 0 Å². The molecule has 0 saturated heterocycles. The second kappa shape index (κ2) is 14.6. The topological polar surface area (TPSA) is 107 Å². The predicted octanol–water partition coefficient (Wildman–Crippen LogP) is 6.89. The molecule has 2 fully saturated rings. The molecule has 4 rings (SSSR count). The number of nitrogens with zero attached hydrogens (tertiary/aromatic N) is 1. The van der Waals surface area contributed by atoms with Crippen LogP contribution < -0.4 is 14.8 Å². The van der Waals surface area contributed by atoms with E-state index in [2.05, 4.69) is 5.32 Å². The molecule has 2 aliphatic rings. The number of rotatable bonds is 16. The SMILES string of the molecule is CCOc1cc([C@@H](C)N(CCO[C@@H](C)c2ccccc2)C(=O)N[C@]2(C(=O)O)C[C@@H](OCC)C2)c(Cl)c(OCC)c1C1CC1. The number of carboxylic acid groups (broad SMARTS) is 1. The van der Waals surface area contributed by atoms with Gasteiger partial charge in [-0.25, -0.2) is 9.59 Å². The van der Waals surface area contributed by atoms with Crippen molar-refractivity contribution < 1.29 is 33.6 Å². The molecule has 0 bridgehead atoms. The zero-order valence-corrected chi connectivity index (χ0v) is 26.6. The molecule has 236 valence electrons. The smallest absolute Gasteiger partial charge is 0.329 e. The number of aliphatic carboxylic acids is 1. The van der Waals surface area contributed by atoms with Crippen molar-refractivity contribution in [3.8, 4) is 11.5 Å². The first-order valence-electron chi connectivity index (χ1n) is 15.4. The van der Waals surface area contributed by atoms with Crippen molar-refractivity contribution in [2.75, 3.05) is 33.0 Å². The monoisotopic (exact) mass is 616 g/mol. The number of benzene rings is 2. The first kappa shape index (κ1) is 32.9. The van der Waals surface area contributed by atoms with Gasteiger partial charge in [0.05, 0.1) is 43.1 Å². The van der Waals surface area contributed by atoms with E-state index >= 15 is 0 Å². The molecular formula is C33H45ClN2O7. The maximum absolute atomic E-state index is 13.9. The van der Waals surface area contributed by atoms with Gasteiger partial charge in [0.2, 0.25) is 0 Å². The summed E-state index contributed by atoms with van der Waals surface area (Å²) in [5.74, 6) is 0.538. The largest absolute Gasteiger partial charge is 0.493 e. The van der Waals surface area contributed by atoms with Crippen LogP contribution in [0.5, 0.6) is 11.5 Å². The molecule has 2 amide bonds. The van der Waals surface area contributed by atoms with E-state index in [1.54, 1.807) is 4.90 Å². The summed E-state index contributed by atoms with van der Waals surface area (Å²) in [4.78, 5) is 27.9. The molecule has 2 aromatic carbocycles. The van der Waals surface area contributed by atoms with Crippen LogP contribution in [0.15, 0.2) is 36.4 Å². The highest BCUT2D eigenvalue weighted by Crippen LogP contribution is 2.53. The quantitative estimate of drug-likeness (QED) is 0.212. The Morgan fingerprint density at radius 1 is 1.07 bits per heavy atom. The van der Waals surface area contributed by atoms with Gasteiger partial charge in [-0.2, -0.15) is 0 Å². The molecular weight excluding hydrogens is 572 g/mol. The average Bonchev–Trinajstić information content (AvgIpc) is 3.81. The molecule has 2 saturated carbocycles. The Morgan fingerprint density at radius 3 is 2.33 bits per heavy atom. The summed E-state index contributed by atoms with van der Waals surface area (Å²) < 4.78 is 23.9. The van der Waals surface area contributed by atoms with E-state index in [4.69, 9.17) is 30.5 Å². The molecule has 2 aliphatic carbocycles. The molecule has 0 aliphatic heterocycles. The van der Waals surface area contributed by atoms with Crippen molar-refractivity contribution in [3.63, 3.8) is 0 Å². The van der Waals surface area contributed by atoms with E-state index in [0.29, 0.717) is 47.8 Å². The minimum Gasteiger partial charge on any atom is -0.493 e. The minimum atomic E-state index is -1.40. The Kier molecular flexibility index (Phi) is 11.2. The van der Waals surface area contributed by atoms with E-state index in [1.165, 1.54) is 0 Å². The summed E-state index contributed by atoms with van der Waals surface area (Å²) in [6.45, 7) is 11.3. The number of carboxylic acids is 1. The van der Waals surface area contributed by atoms with Gasteiger partial charge in [0, 0.05) is 37.1 Å². The van der Waals surface area contributed by atoms with Crippen LogP contribution in [0.2, 0.25) is 5.02 Å². The van der Waals surface area contributed by atoms with Crippen LogP contribution in [-0.2, 0) is 14.3 Å². The van der Waals surface area contributed by atoms with Gasteiger partial charge in [-0.1, -0.05) is 41.9 Å². The maximum Gasteiger partial charge on any atom is 0.329 e. The lowest BCUT2D eigenvalue weighted by Gasteiger charge is -2.45. The van der Waals surface area contributed by atoms with Gasteiger partial charge in [-0.05, 0) is 65.0 Å². The zero-order chi connectivity index (χ0) is 31.1. The van der Waals surface area contributed by atoms with Crippen molar-refractivity contribution >= 4 is 23.6 Å². The van der Waals surface area contributed by atoms with Crippen LogP contribution in [0.3, 0.4) is 0 Å². The van der Waals surface area contributed by atoms with E-state index in [1.807, 2.05) is 71.0 Å². The number of carbonyl (C=O) groups excluding carboxylic acids is 1. The first-order chi connectivity index (χ1) is 20.7. The van der Waals surface area contributed by atoms with Crippen LogP contribution in [-0.4, -0.2) is 66.6 Å². The Hall–Kier alpha value is -3.01. The van der Waals surface area contributed by atoms with Crippen molar-refractivity contribution in [3.05, 3.63) is 58.1 Å². The fourth-order valence-corrected chi connectivity index (χ4v) is 6.10. The molecule has 10 heteroatoms. The number of nitrogens with one attached hydrogen (secondary N) is 1. The molecule has 2 N–H and O–H groups in total. The summed E-state index contributed by atoms with van der Waals surface area (Å²) in [5.41, 5.74) is 1.25. The third-order valence-electron chi connectivity index (χ3n) is 8.28. The fraction of sp³-hybridized carbons (Fsp3) is 0.576. The summed E-state index contributed by atoms with van der Waals surface area (Å²) >= 11 is 7.04. The summed E-state index contributed by atoms with van der Waals surface area (Å²) in [7, 11) is 0. The number of urea groups is 1. The lowest BCUT2D eigenvalue weighted by atomic mass is 9.74. The van der Waals surface area contributed by atoms with Gasteiger partial charge in [0.25, 0.3) is 0 Å². The maximum atomic E-state index is 13.9. The summed E-state index contributed by atoms with van der Waals surface area (Å²) in [6, 6.07) is 10.7. The van der Waals surface area contributed by atoms with E-state index in [-0.39, 0.29) is 38.2 Å². The van der Waals surface area contributed by atoms with Crippen LogP contribution in [0.1, 0.15) is 95.1 Å². The number of carbonyl (C=O) groups is 2. The number of hydrogen-bond donors (Lipinski definition) is 2. The van der Waals surface area contributed by atoms with E-state index < -0.39 is 23.6 Å². The minimum absolute atomic E-state index is 0.194. The highest BCUT2D eigenvalue weighted by molar-refractivity contribution is 6.33. The third kappa shape index (κ3) is 7.56. The predicted molar refractivity (Wildman–Crippen MR) is 165 cm³/mol. The Morgan fingerprint density at radius 2 is 1.74 bits per heavy atom. The van der Waals surface area contributed by atoms with Crippen molar-refractivity contribution in [2.45, 2.75) is 90.0 Å². The van der Waals surface area contributed by atoms with E-state index in [9.17, 15) is 14.7 Å². The van der Waals surface area contributed by atoms with Gasteiger partial charge >= 0.3 is 12.0 Å². The molecule has 2 atom stereocenters. The molecule has 0 unspecified atom stereocenters. The third-order valence-corrected chi connectivity index (χ3v) is 8.67. The summed E-state index contributed by atoms with van der Waals surface area (Å²) in [6.07, 6.45) is 2.07. The van der Waals surface area contributed by atoms with Gasteiger partial charge in [-0.15, -0.1) is 0 Å². The highest BCUT2D eigenvalue weighted by Gasteiger charge is 2.53. The lowest BCUT2D eigenvalue weighted by Crippen LogP contribution is -2.66. The fourth-order valence-electron chi connectivity index (χ4n) is 5.73. The average molecular weight is 617 g/mol. The second-order valence-electron chi connectivity index (χ2n) is 11.3. The highest BCUT2D eigenvalue weighted by atomic mass is 35.5. The van der Waals surface area contributed by atoms with Crippen molar-refractivity contribution in [1.29, 1.82) is 0 Å². The van der Waals surface area contributed by atoms with Gasteiger partial charge in [0.15, 0.2) is 0 Å². The normalized spacial score (nSPS) is 20.9. The zero-order valence-electron chi connectivity index (χ0n) is 25.9. The molecule has 0 radical (unpaired) electrons. The van der Waals surface area contributed by atoms with Crippen LogP contribution >= 0.6 is 11.6 Å². The number of ether oxygens (including phenoxy) is 4. The number of hydrogen-bond acceptors (Lipinski definition) is 6. The Labute approximate surface area is 259 Å². The molecule has 9 nitrogen and oxygen atoms in total. The van der Waals surface area contributed by atoms with Gasteiger partial charge in [-0.3, -0.25) is 0 Å². The first-order valence-corrected chi connectivity index (χ1v) is 15.8. The van der Waals surface area contributed by atoms with E-state index in [0.717, 1.165) is 24.0 Å². The molecule has 43 heavy (non-hydrogen) atoms. The Balaban J connectivity index is 1.64. The second-order valence-corrected chi connectivity index (χ2v) is 11.6. The molecule has 0 spiro atoms. The van der Waals surface area contributed by atoms with Crippen molar-refractivity contribution in [2.24, 2.45) is 0 Å². The molecule has 0 aromatic heterocycles.